The Hall–Kier alpha value is -0.176. The number of esters is 1. The molecular weight excluding hydrogens is 517 g/mol. The van der Waals surface area contributed by atoms with Crippen LogP contribution in [0.15, 0.2) is 0 Å². The van der Waals surface area contributed by atoms with E-state index in [2.05, 4.69) is 60.8 Å². The third kappa shape index (κ3) is 6.02. The van der Waals surface area contributed by atoms with E-state index in [1.54, 1.807) is 0 Å². The fourth-order valence-electron chi connectivity index (χ4n) is 10.0. The Bertz CT molecular complexity index is 861. The lowest BCUT2D eigenvalue weighted by Gasteiger charge is -2.65. The zero-order chi connectivity index (χ0) is 28.8. The van der Waals surface area contributed by atoms with E-state index in [1.165, 1.54) is 70.6 Å². The Balaban J connectivity index is 1.75. The molecule has 0 amide bonds. The second-order valence-corrected chi connectivity index (χ2v) is 24.8. The molecule has 0 aromatic rings. The number of carbonyl (C=O) groups is 1. The quantitative estimate of drug-likeness (QED) is 0.192. The third-order valence-corrected chi connectivity index (χ3v) is 18.3. The first-order valence-corrected chi connectivity index (χ1v) is 22.9. The van der Waals surface area contributed by atoms with Gasteiger partial charge in [-0.1, -0.05) is 47.5 Å². The van der Waals surface area contributed by atoms with Gasteiger partial charge >= 0.3 is 5.97 Å². The van der Waals surface area contributed by atoms with Gasteiger partial charge in [0, 0.05) is 12.5 Å². The minimum Gasteiger partial charge on any atom is -0.469 e. The van der Waals surface area contributed by atoms with Gasteiger partial charge in [-0.25, -0.2) is 0 Å². The summed E-state index contributed by atoms with van der Waals surface area (Å²) in [6, 6.07) is 2.36. The van der Waals surface area contributed by atoms with Gasteiger partial charge in [0.1, 0.15) is 0 Å². The van der Waals surface area contributed by atoms with Crippen LogP contribution >= 0.6 is 0 Å². The van der Waals surface area contributed by atoms with Gasteiger partial charge in [-0.3, -0.25) is 4.79 Å². The molecule has 4 aliphatic rings. The fourth-order valence-corrected chi connectivity index (χ4v) is 12.6. The molecule has 0 radical (unpaired) electrons. The van der Waals surface area contributed by atoms with E-state index in [1.807, 2.05) is 0 Å². The predicted molar refractivity (Wildman–Crippen MR) is 167 cm³/mol. The second-order valence-electron chi connectivity index (χ2n) is 15.8. The highest BCUT2D eigenvalue weighted by atomic mass is 28.4. The van der Waals surface area contributed by atoms with E-state index >= 15 is 0 Å². The van der Waals surface area contributed by atoms with E-state index in [0.29, 0.717) is 53.6 Å². The Morgan fingerprint density at radius 3 is 2.23 bits per heavy atom. The Labute approximate surface area is 243 Å². The first-order chi connectivity index (χ1) is 18.2. The monoisotopic (exact) mass is 578 g/mol. The van der Waals surface area contributed by atoms with Crippen LogP contribution in [0, 0.1) is 46.3 Å². The minimum atomic E-state index is -1.76. The van der Waals surface area contributed by atoms with Crippen molar-refractivity contribution < 1.29 is 18.4 Å². The molecule has 6 heteroatoms. The Kier molecular flexibility index (Phi) is 9.64. The van der Waals surface area contributed by atoms with Crippen LogP contribution < -0.4 is 0 Å². The van der Waals surface area contributed by atoms with Crippen LogP contribution in [0.4, 0.5) is 0 Å². The molecular formula is C33H62O4Si2. The standard InChI is InChI=1S/C33H62O4Si2/c1-11-38(7,8)36-28-21-24-15-13-14-20-32(24,4)27-22-29(37-39(9,10)12-2)33(5)25(17-18-26(33)31(27)28)23(3)16-19-30(34)35-6/h23-29,31H,11-22H2,1-10H3/t23-,24+,25-,26+,27+,28-,29-,31+,32+,33-/m1/s1. The molecule has 4 rings (SSSR count). The second kappa shape index (κ2) is 11.8. The smallest absolute Gasteiger partial charge is 0.305 e. The number of carbonyl (C=O) groups excluding carboxylic acids is 1. The van der Waals surface area contributed by atoms with Crippen LogP contribution in [0.3, 0.4) is 0 Å². The van der Waals surface area contributed by atoms with Gasteiger partial charge < -0.3 is 13.6 Å². The van der Waals surface area contributed by atoms with Crippen molar-refractivity contribution in [3.8, 4) is 0 Å². The molecule has 0 aromatic heterocycles. The van der Waals surface area contributed by atoms with Gasteiger partial charge in [0.05, 0.1) is 13.2 Å². The number of hydrogen-bond acceptors (Lipinski definition) is 4. The van der Waals surface area contributed by atoms with Crippen LogP contribution in [0.25, 0.3) is 0 Å². The normalized spacial score (nSPS) is 41.3. The number of rotatable bonds is 10. The Morgan fingerprint density at radius 1 is 0.923 bits per heavy atom. The van der Waals surface area contributed by atoms with Crippen molar-refractivity contribution in [1.82, 2.24) is 0 Å². The minimum absolute atomic E-state index is 0.0682. The first-order valence-electron chi connectivity index (χ1n) is 16.6. The molecule has 0 N–H and O–H groups in total. The van der Waals surface area contributed by atoms with Gasteiger partial charge in [0.15, 0.2) is 16.6 Å². The molecule has 4 fully saturated rings. The summed E-state index contributed by atoms with van der Waals surface area (Å²) < 4.78 is 19.8. The average molecular weight is 579 g/mol. The summed E-state index contributed by atoms with van der Waals surface area (Å²) in [4.78, 5) is 12.1. The topological polar surface area (TPSA) is 44.8 Å². The molecule has 10 atom stereocenters. The van der Waals surface area contributed by atoms with Crippen molar-refractivity contribution in [3.63, 3.8) is 0 Å². The van der Waals surface area contributed by atoms with Crippen LogP contribution in [0.2, 0.25) is 38.3 Å². The zero-order valence-corrected chi connectivity index (χ0v) is 29.2. The molecule has 0 heterocycles. The van der Waals surface area contributed by atoms with Crippen LogP contribution in [-0.4, -0.2) is 41.9 Å². The maximum absolute atomic E-state index is 12.1. The summed E-state index contributed by atoms with van der Waals surface area (Å²) in [7, 11) is -1.94. The summed E-state index contributed by atoms with van der Waals surface area (Å²) >= 11 is 0. The average Bonchev–Trinajstić information content (AvgIpc) is 3.25. The maximum atomic E-state index is 12.1. The van der Waals surface area contributed by atoms with Crippen molar-refractivity contribution in [2.24, 2.45) is 46.3 Å². The van der Waals surface area contributed by atoms with Gasteiger partial charge in [-0.2, -0.15) is 0 Å². The lowest BCUT2D eigenvalue weighted by atomic mass is 9.43. The molecule has 0 aliphatic heterocycles. The van der Waals surface area contributed by atoms with Crippen molar-refractivity contribution in [3.05, 3.63) is 0 Å². The van der Waals surface area contributed by atoms with E-state index in [-0.39, 0.29) is 11.4 Å². The summed E-state index contributed by atoms with van der Waals surface area (Å²) in [5.41, 5.74) is 0.573. The highest BCUT2D eigenvalue weighted by Crippen LogP contribution is 2.69. The zero-order valence-electron chi connectivity index (χ0n) is 27.2. The molecule has 4 aliphatic carbocycles. The number of hydrogen-bond donors (Lipinski definition) is 0. The summed E-state index contributed by atoms with van der Waals surface area (Å²) in [5, 5.41) is 0. The van der Waals surface area contributed by atoms with Crippen molar-refractivity contribution in [2.45, 2.75) is 149 Å². The highest BCUT2D eigenvalue weighted by Gasteiger charge is 2.66. The van der Waals surface area contributed by atoms with E-state index in [0.717, 1.165) is 12.3 Å². The summed E-state index contributed by atoms with van der Waals surface area (Å²) in [5.74, 6) is 3.83. The van der Waals surface area contributed by atoms with E-state index < -0.39 is 16.6 Å². The van der Waals surface area contributed by atoms with Gasteiger partial charge in [-0.15, -0.1) is 0 Å². The van der Waals surface area contributed by atoms with Gasteiger partial charge in [-0.05, 0) is 130 Å². The molecule has 0 unspecified atom stereocenters. The lowest BCUT2D eigenvalue weighted by molar-refractivity contribution is -0.194. The van der Waals surface area contributed by atoms with Crippen LogP contribution in [0.5, 0.6) is 0 Å². The SMILES string of the molecule is CC[Si](C)(C)O[C@@H]1C[C@@H]2CCCC[C@]2(C)[C@H]2C[C@@H](O[Si](C)(C)CC)[C@]3(C)[C@@H]([C@H](C)CCC(=O)OC)CC[C@H]3[C@H]12. The fraction of sp³-hybridized carbons (Fsp3) is 0.970. The van der Waals surface area contributed by atoms with Crippen LogP contribution in [0.1, 0.15) is 98.8 Å². The third-order valence-electron chi connectivity index (χ3n) is 13.1. The summed E-state index contributed by atoms with van der Waals surface area (Å²) in [6.07, 6.45) is 12.8. The first kappa shape index (κ1) is 31.8. The maximum Gasteiger partial charge on any atom is 0.305 e. The van der Waals surface area contributed by atoms with E-state index in [9.17, 15) is 4.79 Å². The highest BCUT2D eigenvalue weighted by molar-refractivity contribution is 6.71. The Morgan fingerprint density at radius 2 is 1.59 bits per heavy atom. The van der Waals surface area contributed by atoms with Gasteiger partial charge in [0.2, 0.25) is 0 Å². The largest absolute Gasteiger partial charge is 0.469 e. The molecule has 226 valence electrons. The molecule has 39 heavy (non-hydrogen) atoms. The molecule has 0 saturated heterocycles. The molecule has 0 spiro atoms. The van der Waals surface area contributed by atoms with Crippen molar-refractivity contribution in [1.29, 1.82) is 0 Å². The molecule has 4 nitrogen and oxygen atoms in total. The molecule has 0 bridgehead atoms. The van der Waals surface area contributed by atoms with Crippen molar-refractivity contribution in [2.75, 3.05) is 7.11 Å². The molecule has 0 aromatic carbocycles. The molecule has 4 saturated carbocycles. The van der Waals surface area contributed by atoms with Crippen LogP contribution in [-0.2, 0) is 18.4 Å². The predicted octanol–water partition coefficient (Wildman–Crippen LogP) is 9.06. The number of methoxy groups -OCH3 is 1. The summed E-state index contributed by atoms with van der Waals surface area (Å²) in [6.45, 7) is 22.2. The lowest BCUT2D eigenvalue weighted by Crippen LogP contribution is -2.64. The number of ether oxygens (including phenoxy) is 1. The van der Waals surface area contributed by atoms with E-state index in [4.69, 9.17) is 13.6 Å². The van der Waals surface area contributed by atoms with Gasteiger partial charge in [0.25, 0.3) is 0 Å². The van der Waals surface area contributed by atoms with Crippen molar-refractivity contribution >= 4 is 22.6 Å². The number of fused-ring (bicyclic) bond motifs is 5.